The first-order chi connectivity index (χ1) is 21.9. The molecule has 0 spiro atoms. The summed E-state index contributed by atoms with van der Waals surface area (Å²) in [5, 5.41) is 28.1. The van der Waals surface area contributed by atoms with Crippen molar-refractivity contribution in [3.05, 3.63) is 86.4 Å². The molecule has 0 bridgehead atoms. The number of anilines is 1. The van der Waals surface area contributed by atoms with Gasteiger partial charge in [-0.2, -0.15) is 29.0 Å². The summed E-state index contributed by atoms with van der Waals surface area (Å²) in [4.78, 5) is 3.86. The molecule has 0 N–H and O–H groups in total. The van der Waals surface area contributed by atoms with Crippen LogP contribution in [0.2, 0.25) is 0 Å². The van der Waals surface area contributed by atoms with Gasteiger partial charge in [-0.1, -0.05) is 39.3 Å². The maximum Gasteiger partial charge on any atom is 0.432 e. The van der Waals surface area contributed by atoms with Crippen molar-refractivity contribution in [1.82, 2.24) is 0 Å². The fraction of sp³-hybridized carbons (Fsp3) is 0.361. The molecule has 240 valence electrons. The zero-order valence-electron chi connectivity index (χ0n) is 26.5. The Hall–Kier alpha value is -4.72. The summed E-state index contributed by atoms with van der Waals surface area (Å²) in [7, 11) is 0. The molecule has 0 saturated carbocycles. The van der Waals surface area contributed by atoms with E-state index in [2.05, 4.69) is 37.5 Å². The lowest BCUT2D eigenvalue weighted by atomic mass is 9.92. The molecule has 1 unspecified atom stereocenters. The highest BCUT2D eigenvalue weighted by molar-refractivity contribution is 7.13. The summed E-state index contributed by atoms with van der Waals surface area (Å²) in [5.41, 5.74) is -1.71. The normalized spacial score (nSPS) is 16.3. The third kappa shape index (κ3) is 8.50. The maximum absolute atomic E-state index is 14.1. The molecule has 6 nitrogen and oxygen atoms in total. The second-order valence-electron chi connectivity index (χ2n) is 11.0. The second kappa shape index (κ2) is 16.0. The van der Waals surface area contributed by atoms with E-state index < -0.39 is 34.3 Å². The average Bonchev–Trinajstić information content (AvgIpc) is 3.60. The first-order valence-electron chi connectivity index (χ1n) is 15.0. The smallest absolute Gasteiger partial charge is 0.432 e. The number of thiophene rings is 1. The lowest BCUT2D eigenvalue weighted by Gasteiger charge is -2.28. The van der Waals surface area contributed by atoms with E-state index in [0.717, 1.165) is 79.2 Å². The van der Waals surface area contributed by atoms with Gasteiger partial charge >= 0.3 is 6.18 Å². The third-order valence-corrected chi connectivity index (χ3v) is 8.32. The van der Waals surface area contributed by atoms with Gasteiger partial charge in [0.15, 0.2) is 11.3 Å². The van der Waals surface area contributed by atoms with Crippen LogP contribution in [0, 0.1) is 34.0 Å². The zero-order valence-corrected chi connectivity index (χ0v) is 27.3. The first kappa shape index (κ1) is 35.8. The highest BCUT2D eigenvalue weighted by Crippen LogP contribution is 2.49. The first-order valence-corrected chi connectivity index (χ1v) is 15.8. The van der Waals surface area contributed by atoms with Gasteiger partial charge in [0, 0.05) is 45.7 Å². The van der Waals surface area contributed by atoms with Crippen molar-refractivity contribution in [3.63, 3.8) is 0 Å². The van der Waals surface area contributed by atoms with Crippen molar-refractivity contribution in [1.29, 1.82) is 15.8 Å². The Morgan fingerprint density at radius 2 is 1.61 bits per heavy atom. The number of nitrogens with zero attached hydrogens (tertiary/aromatic N) is 4. The van der Waals surface area contributed by atoms with Crippen molar-refractivity contribution in [2.45, 2.75) is 65.2 Å². The minimum atomic E-state index is -4.92. The zero-order chi connectivity index (χ0) is 33.9. The van der Waals surface area contributed by atoms with E-state index in [1.165, 1.54) is 29.6 Å². The van der Waals surface area contributed by atoms with Crippen LogP contribution >= 0.6 is 11.3 Å². The molecule has 0 fully saturated rings. The number of hydrogen-bond donors (Lipinski definition) is 0. The van der Waals surface area contributed by atoms with Gasteiger partial charge in [0.2, 0.25) is 5.60 Å². The van der Waals surface area contributed by atoms with Crippen LogP contribution in [-0.4, -0.2) is 31.5 Å². The van der Waals surface area contributed by atoms with Crippen LogP contribution < -0.4 is 9.64 Å². The molecule has 0 aliphatic carbocycles. The molecule has 46 heavy (non-hydrogen) atoms. The summed E-state index contributed by atoms with van der Waals surface area (Å²) in [6, 6.07) is 14.5. The van der Waals surface area contributed by atoms with Gasteiger partial charge in [0.05, 0.1) is 0 Å². The topological polar surface area (TPSA) is 93.1 Å². The van der Waals surface area contributed by atoms with Crippen LogP contribution in [0.1, 0.15) is 68.7 Å². The lowest BCUT2D eigenvalue weighted by molar-refractivity contribution is -0.236. The number of nitriles is 3. The second-order valence-corrected chi connectivity index (χ2v) is 12.2. The molecule has 0 saturated heterocycles. The summed E-state index contributed by atoms with van der Waals surface area (Å²) < 4.78 is 53.6. The van der Waals surface area contributed by atoms with E-state index in [-0.39, 0.29) is 0 Å². The van der Waals surface area contributed by atoms with Crippen LogP contribution in [0.25, 0.3) is 18.2 Å². The van der Waals surface area contributed by atoms with E-state index in [9.17, 15) is 29.0 Å². The molecule has 1 aliphatic heterocycles. The minimum Gasteiger partial charge on any atom is -0.489 e. The van der Waals surface area contributed by atoms with Gasteiger partial charge in [-0.3, -0.25) is 0 Å². The van der Waals surface area contributed by atoms with Crippen LogP contribution in [0.15, 0.2) is 71.0 Å². The Bertz CT molecular complexity index is 1650. The molecule has 1 aromatic heterocycles. The van der Waals surface area contributed by atoms with Gasteiger partial charge in [0.25, 0.3) is 0 Å². The molecule has 0 amide bonds. The Balaban J connectivity index is 1.94. The Morgan fingerprint density at radius 1 is 1.00 bits per heavy atom. The minimum absolute atomic E-state index is 0.379. The predicted octanol–water partition coefficient (Wildman–Crippen LogP) is 9.77. The van der Waals surface area contributed by atoms with E-state index in [1.54, 1.807) is 12.1 Å². The fourth-order valence-corrected chi connectivity index (χ4v) is 5.49. The van der Waals surface area contributed by atoms with Crippen LogP contribution in [0.5, 0.6) is 5.75 Å². The highest BCUT2D eigenvalue weighted by Gasteiger charge is 2.60. The molecular weight excluding hydrogens is 609 g/mol. The molecule has 3 rings (SSSR count). The van der Waals surface area contributed by atoms with E-state index >= 15 is 0 Å². The van der Waals surface area contributed by atoms with Gasteiger partial charge < -0.3 is 14.4 Å². The Labute approximate surface area is 273 Å². The fourth-order valence-electron chi connectivity index (χ4n) is 4.67. The number of halogens is 3. The van der Waals surface area contributed by atoms with E-state index in [0.29, 0.717) is 11.5 Å². The van der Waals surface area contributed by atoms with Crippen LogP contribution in [0.3, 0.4) is 0 Å². The number of hydrogen-bond acceptors (Lipinski definition) is 7. The summed E-state index contributed by atoms with van der Waals surface area (Å²) in [6.45, 7) is 13.3. The quantitative estimate of drug-likeness (QED) is 0.150. The monoisotopic (exact) mass is 646 g/mol. The molecule has 1 aliphatic rings. The molecular formula is C36H37F3N4O2S. The standard InChI is InChI=1S/C36H37F3N4O2S/c1-6-8-18-43(19-9-7-2)28-12-10-26(33(20-28)44-24-25(3)4)11-13-29-14-15-30(46-29)16-17-32-31(23-42)34(27(21-40)22-41)45-35(32,5)36(37,38)39/h10-17,20H,3,6-9,18-19,24H2,1-2,4-5H3/b13-11+,17-16+. The number of unbranched alkanes of at least 4 members (excludes halogenated alkanes) is 2. The van der Waals surface area contributed by atoms with Crippen molar-refractivity contribution in [2.75, 3.05) is 24.6 Å². The maximum atomic E-state index is 14.1. The van der Waals surface area contributed by atoms with Gasteiger partial charge in [-0.05, 0) is 74.8 Å². The molecule has 2 aromatic rings. The highest BCUT2D eigenvalue weighted by atomic mass is 32.1. The molecule has 1 aromatic carbocycles. The largest absolute Gasteiger partial charge is 0.489 e. The number of rotatable bonds is 14. The van der Waals surface area contributed by atoms with Gasteiger partial charge in [0.1, 0.15) is 36.1 Å². The van der Waals surface area contributed by atoms with Gasteiger partial charge in [-0.15, -0.1) is 11.3 Å². The average molecular weight is 647 g/mol. The number of ether oxygens (including phenoxy) is 2. The van der Waals surface area contributed by atoms with Crippen molar-refractivity contribution in [3.8, 4) is 24.0 Å². The Morgan fingerprint density at radius 3 is 2.13 bits per heavy atom. The predicted molar refractivity (Wildman–Crippen MR) is 177 cm³/mol. The third-order valence-electron chi connectivity index (χ3n) is 7.31. The molecule has 0 radical (unpaired) electrons. The summed E-state index contributed by atoms with van der Waals surface area (Å²) in [5.74, 6) is 0.0596. The number of allylic oxidation sites excluding steroid dienone is 2. The Kier molecular flexibility index (Phi) is 12.5. The lowest BCUT2D eigenvalue weighted by Crippen LogP contribution is -2.43. The van der Waals surface area contributed by atoms with Crippen LogP contribution in [-0.2, 0) is 4.74 Å². The number of benzene rings is 1. The van der Waals surface area contributed by atoms with Crippen molar-refractivity contribution in [2.24, 2.45) is 0 Å². The molecule has 2 heterocycles. The number of alkyl halides is 3. The van der Waals surface area contributed by atoms with Gasteiger partial charge in [-0.25, -0.2) is 0 Å². The van der Waals surface area contributed by atoms with Crippen molar-refractivity contribution >= 4 is 35.3 Å². The SMILES string of the molecule is C=C(C)COc1cc(N(CCCC)CCCC)ccc1/C=C/c1ccc(/C=C/C2=C(C#N)C(=C(C#N)C#N)OC2(C)C(F)(F)F)s1. The summed E-state index contributed by atoms with van der Waals surface area (Å²) in [6.07, 6.45) is 5.95. The molecule has 10 heteroatoms. The van der Waals surface area contributed by atoms with Crippen LogP contribution in [0.4, 0.5) is 18.9 Å². The molecule has 1 atom stereocenters. The summed E-state index contributed by atoms with van der Waals surface area (Å²) >= 11 is 1.34. The van der Waals surface area contributed by atoms with E-state index in [4.69, 9.17) is 9.47 Å². The van der Waals surface area contributed by atoms with Crippen molar-refractivity contribution < 1.29 is 22.6 Å². The van der Waals surface area contributed by atoms with E-state index in [1.807, 2.05) is 31.2 Å².